The van der Waals surface area contributed by atoms with Crippen LogP contribution in [0.15, 0.2) is 34.8 Å². The summed E-state index contributed by atoms with van der Waals surface area (Å²) in [6.45, 7) is 0.564. The fourth-order valence-electron chi connectivity index (χ4n) is 2.29. The number of hydrogen-bond acceptors (Lipinski definition) is 6. The third kappa shape index (κ3) is 2.53. The van der Waals surface area contributed by atoms with Crippen LogP contribution in [0.1, 0.15) is 17.8 Å². The number of nitriles is 1. The van der Waals surface area contributed by atoms with Crippen molar-refractivity contribution in [2.24, 2.45) is 0 Å². The van der Waals surface area contributed by atoms with Crippen molar-refractivity contribution in [2.45, 2.75) is 18.9 Å². The Morgan fingerprint density at radius 2 is 2.29 bits per heavy atom. The number of hydrogen-bond donors (Lipinski definition) is 1. The average Bonchev–Trinajstić information content (AvgIpc) is 3.02. The molecule has 0 spiro atoms. The van der Waals surface area contributed by atoms with Crippen molar-refractivity contribution in [3.05, 3.63) is 45.4 Å². The average molecular weight is 300 g/mol. The Kier molecular flexibility index (Phi) is 3.69. The summed E-state index contributed by atoms with van der Waals surface area (Å²) in [5.74, 6) is -0.131. The molecule has 2 heterocycles. The summed E-state index contributed by atoms with van der Waals surface area (Å²) in [6, 6.07) is 9.02. The zero-order valence-electron chi connectivity index (χ0n) is 11.1. The summed E-state index contributed by atoms with van der Waals surface area (Å²) in [4.78, 5) is 15.9. The van der Waals surface area contributed by atoms with Crippen LogP contribution in [0.4, 0.5) is 0 Å². The Labute approximate surface area is 124 Å². The maximum Gasteiger partial charge on any atom is 0.279 e. The van der Waals surface area contributed by atoms with Gasteiger partial charge in [-0.25, -0.2) is 0 Å². The van der Waals surface area contributed by atoms with Crippen molar-refractivity contribution in [1.29, 1.82) is 5.26 Å². The topological polar surface area (TPSA) is 83.2 Å². The molecule has 106 valence electrons. The van der Waals surface area contributed by atoms with Crippen LogP contribution in [0, 0.1) is 11.3 Å². The molecule has 0 amide bonds. The van der Waals surface area contributed by atoms with Crippen molar-refractivity contribution in [1.82, 2.24) is 4.98 Å². The first-order chi connectivity index (χ1) is 10.2. The monoisotopic (exact) mass is 300 g/mol. The quantitative estimate of drug-likeness (QED) is 0.681. The molecule has 3 rings (SSSR count). The van der Waals surface area contributed by atoms with Gasteiger partial charge in [0.1, 0.15) is 28.5 Å². The van der Waals surface area contributed by atoms with Gasteiger partial charge in [-0.3, -0.25) is 4.79 Å². The Bertz CT molecular complexity index is 814. The van der Waals surface area contributed by atoms with E-state index in [0.717, 1.165) is 11.1 Å². The van der Waals surface area contributed by atoms with Crippen LogP contribution < -0.4 is 5.56 Å². The molecule has 1 N–H and O–H groups in total. The summed E-state index contributed by atoms with van der Waals surface area (Å²) in [6.07, 6.45) is 1.03. The predicted octanol–water partition coefficient (Wildman–Crippen LogP) is 2.63. The number of nitrogens with zero attached hydrogens (tertiary/aromatic N) is 2. The minimum absolute atomic E-state index is 0.0229. The molecule has 1 unspecified atom stereocenters. The second-order valence-corrected chi connectivity index (χ2v) is 5.72. The Hall–Kier alpha value is -2.23. The molecule has 0 saturated carbocycles. The summed E-state index contributed by atoms with van der Waals surface area (Å²) in [7, 11) is 0. The SMILES string of the molecule is N#C/C(=C(/O)C1CCCO1)c1nc(=O)c2ccccc2s1. The van der Waals surface area contributed by atoms with Gasteiger partial charge in [0.15, 0.2) is 0 Å². The molecule has 0 radical (unpaired) electrons. The molecule has 2 aromatic rings. The molecule has 1 aliphatic heterocycles. The number of benzene rings is 1. The molecule has 0 aliphatic carbocycles. The summed E-state index contributed by atoms with van der Waals surface area (Å²) in [5.41, 5.74) is -0.373. The van der Waals surface area contributed by atoms with Crippen molar-refractivity contribution in [3.63, 3.8) is 0 Å². The van der Waals surface area contributed by atoms with E-state index in [0.29, 0.717) is 18.4 Å². The zero-order valence-corrected chi connectivity index (χ0v) is 11.9. The molecule has 1 aromatic carbocycles. The number of aliphatic hydroxyl groups is 1. The maximum atomic E-state index is 12.0. The van der Waals surface area contributed by atoms with E-state index < -0.39 is 11.7 Å². The van der Waals surface area contributed by atoms with Crippen LogP contribution in [-0.2, 0) is 4.74 Å². The van der Waals surface area contributed by atoms with Gasteiger partial charge in [0.2, 0.25) is 0 Å². The molecular weight excluding hydrogens is 288 g/mol. The van der Waals surface area contributed by atoms with E-state index in [1.165, 1.54) is 11.3 Å². The van der Waals surface area contributed by atoms with Gasteiger partial charge in [0, 0.05) is 11.3 Å². The van der Waals surface area contributed by atoms with E-state index in [1.54, 1.807) is 18.2 Å². The highest BCUT2D eigenvalue weighted by molar-refractivity contribution is 7.19. The van der Waals surface area contributed by atoms with Crippen LogP contribution >= 0.6 is 11.3 Å². The largest absolute Gasteiger partial charge is 0.508 e. The van der Waals surface area contributed by atoms with Gasteiger partial charge in [0.25, 0.3) is 5.56 Å². The van der Waals surface area contributed by atoms with Crippen molar-refractivity contribution < 1.29 is 9.84 Å². The lowest BCUT2D eigenvalue weighted by atomic mass is 10.1. The molecule has 5 nitrogen and oxygen atoms in total. The summed E-state index contributed by atoms with van der Waals surface area (Å²) < 4.78 is 6.11. The predicted molar refractivity (Wildman–Crippen MR) is 80.0 cm³/mol. The molecule has 1 aliphatic rings. The third-order valence-corrected chi connectivity index (χ3v) is 4.41. The Morgan fingerprint density at radius 1 is 1.48 bits per heavy atom. The van der Waals surface area contributed by atoms with Gasteiger partial charge in [-0.15, -0.1) is 11.3 Å². The minimum Gasteiger partial charge on any atom is -0.508 e. The number of aliphatic hydroxyl groups excluding tert-OH is 1. The molecule has 0 bridgehead atoms. The molecule has 21 heavy (non-hydrogen) atoms. The van der Waals surface area contributed by atoms with Gasteiger partial charge in [-0.2, -0.15) is 10.2 Å². The normalized spacial score (nSPS) is 19.3. The van der Waals surface area contributed by atoms with Crippen LogP contribution in [0.2, 0.25) is 0 Å². The number of aromatic nitrogens is 1. The third-order valence-electron chi connectivity index (χ3n) is 3.34. The van der Waals surface area contributed by atoms with E-state index in [-0.39, 0.29) is 16.3 Å². The zero-order chi connectivity index (χ0) is 14.8. The molecule has 1 fully saturated rings. The number of ether oxygens (including phenoxy) is 1. The standard InChI is InChI=1S/C15H12N2O3S/c16-8-10(13(18)11-5-3-7-20-11)15-17-14(19)9-4-1-2-6-12(9)21-15/h1-2,4,6,11,18H,3,5,7H2/b13-10-. The minimum atomic E-state index is -0.477. The van der Waals surface area contributed by atoms with E-state index in [1.807, 2.05) is 12.1 Å². The highest BCUT2D eigenvalue weighted by atomic mass is 32.1. The van der Waals surface area contributed by atoms with E-state index in [4.69, 9.17) is 4.74 Å². The molecule has 1 saturated heterocycles. The summed E-state index contributed by atoms with van der Waals surface area (Å²) >= 11 is 1.21. The summed E-state index contributed by atoms with van der Waals surface area (Å²) in [5, 5.41) is 20.3. The number of fused-ring (bicyclic) bond motifs is 1. The van der Waals surface area contributed by atoms with Crippen LogP contribution in [-0.4, -0.2) is 22.8 Å². The van der Waals surface area contributed by atoms with Crippen molar-refractivity contribution in [2.75, 3.05) is 6.61 Å². The van der Waals surface area contributed by atoms with Crippen LogP contribution in [0.5, 0.6) is 0 Å². The van der Waals surface area contributed by atoms with Gasteiger partial charge >= 0.3 is 0 Å². The highest BCUT2D eigenvalue weighted by Crippen LogP contribution is 2.28. The molecular formula is C15H12N2O3S. The van der Waals surface area contributed by atoms with E-state index in [2.05, 4.69) is 4.98 Å². The number of allylic oxidation sites excluding steroid dienone is 1. The first kappa shape index (κ1) is 13.7. The lowest BCUT2D eigenvalue weighted by molar-refractivity contribution is 0.103. The Balaban J connectivity index is 2.16. The van der Waals surface area contributed by atoms with Crippen molar-refractivity contribution >= 4 is 27.0 Å². The van der Waals surface area contributed by atoms with Crippen LogP contribution in [0.3, 0.4) is 0 Å². The highest BCUT2D eigenvalue weighted by Gasteiger charge is 2.25. The first-order valence-corrected chi connectivity index (χ1v) is 7.37. The fourth-order valence-corrected chi connectivity index (χ4v) is 3.29. The van der Waals surface area contributed by atoms with Gasteiger partial charge in [-0.05, 0) is 25.0 Å². The molecule has 1 aromatic heterocycles. The lowest BCUT2D eigenvalue weighted by Gasteiger charge is -2.10. The fraction of sp³-hybridized carbons (Fsp3) is 0.267. The maximum absolute atomic E-state index is 12.0. The lowest BCUT2D eigenvalue weighted by Crippen LogP contribution is -2.13. The van der Waals surface area contributed by atoms with Crippen LogP contribution in [0.25, 0.3) is 15.7 Å². The van der Waals surface area contributed by atoms with E-state index in [9.17, 15) is 15.2 Å². The van der Waals surface area contributed by atoms with Crippen molar-refractivity contribution in [3.8, 4) is 6.07 Å². The molecule has 6 heteroatoms. The van der Waals surface area contributed by atoms with E-state index >= 15 is 0 Å². The van der Waals surface area contributed by atoms with Gasteiger partial charge in [-0.1, -0.05) is 12.1 Å². The second kappa shape index (κ2) is 5.64. The second-order valence-electron chi connectivity index (χ2n) is 4.69. The Morgan fingerprint density at radius 3 is 3.00 bits per heavy atom. The first-order valence-electron chi connectivity index (χ1n) is 6.56. The number of rotatable bonds is 2. The smallest absolute Gasteiger partial charge is 0.279 e. The van der Waals surface area contributed by atoms with Gasteiger partial charge < -0.3 is 9.84 Å². The molecule has 1 atom stereocenters. The van der Waals surface area contributed by atoms with Gasteiger partial charge in [0.05, 0.1) is 5.39 Å².